The number of alkyl carbamates (subject to hydrolysis) is 1. The van der Waals surface area contributed by atoms with Crippen LogP contribution in [0.3, 0.4) is 0 Å². The van der Waals surface area contributed by atoms with E-state index < -0.39 is 52.7 Å². The van der Waals surface area contributed by atoms with Crippen LogP contribution in [0.25, 0.3) is 0 Å². The third-order valence-electron chi connectivity index (χ3n) is 5.41. The van der Waals surface area contributed by atoms with Crippen LogP contribution in [-0.2, 0) is 19.0 Å². The van der Waals surface area contributed by atoms with Gasteiger partial charge in [0.2, 0.25) is 11.6 Å². The number of rotatable bonds is 5. The van der Waals surface area contributed by atoms with Crippen LogP contribution in [-0.4, -0.2) is 76.4 Å². The Balaban J connectivity index is 1.96. The second-order valence-electron chi connectivity index (χ2n) is 9.07. The van der Waals surface area contributed by atoms with Gasteiger partial charge in [0.05, 0.1) is 11.1 Å². The highest BCUT2D eigenvalue weighted by molar-refractivity contribution is 6.42. The SMILES string of the molecule is CN1C(O)=C(OC(=O)c2ccccc2)C(C(=O)O)=NC1C1(NC(=O)OC(C)(C)C)CCOCC1. The fraction of sp³-hybridized carbons (Fsp3) is 0.478. The Morgan fingerprint density at radius 3 is 2.35 bits per heavy atom. The van der Waals surface area contributed by atoms with Crippen LogP contribution in [0.4, 0.5) is 4.79 Å². The van der Waals surface area contributed by atoms with Crippen molar-refractivity contribution in [3.63, 3.8) is 0 Å². The molecular formula is C23H29N3O8. The van der Waals surface area contributed by atoms with Gasteiger partial charge < -0.3 is 34.6 Å². The Morgan fingerprint density at radius 2 is 1.79 bits per heavy atom. The normalized spacial score (nSPS) is 20.3. The first kappa shape index (κ1) is 25.0. The van der Waals surface area contributed by atoms with Gasteiger partial charge in [0.15, 0.2) is 5.71 Å². The lowest BCUT2D eigenvalue weighted by Gasteiger charge is -2.46. The first-order chi connectivity index (χ1) is 15.9. The molecule has 1 saturated heterocycles. The quantitative estimate of drug-likeness (QED) is 0.546. The number of hydrogen-bond acceptors (Lipinski definition) is 9. The second kappa shape index (κ2) is 9.72. The number of carboxylic acid groups (broad SMARTS) is 1. The summed E-state index contributed by atoms with van der Waals surface area (Å²) >= 11 is 0. The lowest BCUT2D eigenvalue weighted by molar-refractivity contribution is -0.129. The van der Waals surface area contributed by atoms with Crippen LogP contribution in [0.5, 0.6) is 0 Å². The molecule has 0 aromatic heterocycles. The molecule has 11 heteroatoms. The molecule has 1 atom stereocenters. The molecule has 1 amide bonds. The van der Waals surface area contributed by atoms with E-state index in [1.807, 2.05) is 0 Å². The standard InChI is InChI=1S/C23H29N3O8/c1-22(2,3)34-21(31)25-23(10-12-32-13-11-23)20-24-15(18(28)29)16(17(27)26(20)4)33-19(30)14-8-6-5-7-9-14/h5-9,20,27H,10-13H2,1-4H3,(H,25,31)(H,28,29). The number of carbonyl (C=O) groups is 3. The van der Waals surface area contributed by atoms with Gasteiger partial charge in [-0.1, -0.05) is 18.2 Å². The average molecular weight is 475 g/mol. The number of carboxylic acids is 1. The van der Waals surface area contributed by atoms with E-state index in [9.17, 15) is 24.6 Å². The smallest absolute Gasteiger partial charge is 0.408 e. The maximum absolute atomic E-state index is 12.6. The van der Waals surface area contributed by atoms with Gasteiger partial charge in [0, 0.05) is 20.3 Å². The Bertz CT molecular complexity index is 1010. The largest absolute Gasteiger partial charge is 0.492 e. The molecule has 1 aromatic carbocycles. The molecular weight excluding hydrogens is 446 g/mol. The number of hydrogen-bond donors (Lipinski definition) is 3. The van der Waals surface area contributed by atoms with E-state index in [1.165, 1.54) is 24.1 Å². The van der Waals surface area contributed by atoms with Gasteiger partial charge in [0.1, 0.15) is 11.8 Å². The van der Waals surface area contributed by atoms with Crippen molar-refractivity contribution in [3.8, 4) is 0 Å². The number of ether oxygens (including phenoxy) is 3. The van der Waals surface area contributed by atoms with Crippen LogP contribution < -0.4 is 5.32 Å². The van der Waals surface area contributed by atoms with Gasteiger partial charge in [-0.2, -0.15) is 0 Å². The lowest BCUT2D eigenvalue weighted by atomic mass is 9.85. The molecule has 3 N–H and O–H groups in total. The molecule has 11 nitrogen and oxygen atoms in total. The molecule has 1 unspecified atom stereocenters. The lowest BCUT2D eigenvalue weighted by Crippen LogP contribution is -2.64. The molecule has 0 radical (unpaired) electrons. The van der Waals surface area contributed by atoms with Gasteiger partial charge in [0.25, 0.3) is 0 Å². The Labute approximate surface area is 197 Å². The maximum atomic E-state index is 12.6. The number of aliphatic hydroxyl groups is 1. The molecule has 2 aliphatic rings. The summed E-state index contributed by atoms with van der Waals surface area (Å²) in [5.41, 5.74) is -2.34. The van der Waals surface area contributed by atoms with Crippen molar-refractivity contribution in [3.05, 3.63) is 47.5 Å². The van der Waals surface area contributed by atoms with Crippen LogP contribution in [0.1, 0.15) is 44.0 Å². The number of aliphatic hydroxyl groups excluding tert-OH is 1. The van der Waals surface area contributed by atoms with Crippen molar-refractivity contribution in [2.45, 2.75) is 50.9 Å². The molecule has 184 valence electrons. The molecule has 0 spiro atoms. The number of aliphatic imine (C=N–C) groups is 1. The zero-order valence-corrected chi connectivity index (χ0v) is 19.5. The number of amides is 1. The van der Waals surface area contributed by atoms with Crippen LogP contribution in [0.2, 0.25) is 0 Å². The van der Waals surface area contributed by atoms with Crippen molar-refractivity contribution in [2.75, 3.05) is 20.3 Å². The van der Waals surface area contributed by atoms with E-state index in [0.29, 0.717) is 0 Å². The number of aliphatic carboxylic acids is 1. The molecule has 0 saturated carbocycles. The molecule has 0 aliphatic carbocycles. The van der Waals surface area contributed by atoms with Gasteiger partial charge in [-0.15, -0.1) is 0 Å². The van der Waals surface area contributed by atoms with Gasteiger partial charge in [-0.3, -0.25) is 0 Å². The zero-order valence-electron chi connectivity index (χ0n) is 19.5. The van der Waals surface area contributed by atoms with Crippen LogP contribution in [0.15, 0.2) is 47.0 Å². The summed E-state index contributed by atoms with van der Waals surface area (Å²) in [6.45, 7) is 5.71. The number of likely N-dealkylation sites (N-methyl/N-ethyl adjacent to an activating group) is 1. The van der Waals surface area contributed by atoms with E-state index >= 15 is 0 Å². The predicted molar refractivity (Wildman–Crippen MR) is 120 cm³/mol. The summed E-state index contributed by atoms with van der Waals surface area (Å²) in [6, 6.07) is 7.94. The van der Waals surface area contributed by atoms with E-state index in [0.717, 1.165) is 0 Å². The zero-order chi connectivity index (χ0) is 25.1. The number of benzene rings is 1. The Kier molecular flexibility index (Phi) is 7.15. The molecule has 1 fully saturated rings. The highest BCUT2D eigenvalue weighted by atomic mass is 16.6. The summed E-state index contributed by atoms with van der Waals surface area (Å²) in [5.74, 6) is -3.53. The fourth-order valence-electron chi connectivity index (χ4n) is 3.81. The first-order valence-corrected chi connectivity index (χ1v) is 10.8. The van der Waals surface area contributed by atoms with Crippen molar-refractivity contribution in [2.24, 2.45) is 4.99 Å². The van der Waals surface area contributed by atoms with Gasteiger partial charge >= 0.3 is 18.0 Å². The number of carbonyl (C=O) groups excluding carboxylic acids is 2. The summed E-state index contributed by atoms with van der Waals surface area (Å²) in [4.78, 5) is 42.8. The van der Waals surface area contributed by atoms with E-state index in [2.05, 4.69) is 10.3 Å². The fourth-order valence-corrected chi connectivity index (χ4v) is 3.81. The van der Waals surface area contributed by atoms with Crippen molar-refractivity contribution >= 4 is 23.7 Å². The second-order valence-corrected chi connectivity index (χ2v) is 9.07. The first-order valence-electron chi connectivity index (χ1n) is 10.8. The highest BCUT2D eigenvalue weighted by Crippen LogP contribution is 2.34. The monoisotopic (exact) mass is 475 g/mol. The van der Waals surface area contributed by atoms with E-state index in [-0.39, 0.29) is 31.6 Å². The van der Waals surface area contributed by atoms with Crippen molar-refractivity contribution in [1.82, 2.24) is 10.2 Å². The predicted octanol–water partition coefficient (Wildman–Crippen LogP) is 2.44. The number of nitrogens with one attached hydrogen (secondary N) is 1. The van der Waals surface area contributed by atoms with Crippen molar-refractivity contribution in [1.29, 1.82) is 0 Å². The minimum Gasteiger partial charge on any atom is -0.492 e. The Morgan fingerprint density at radius 1 is 1.18 bits per heavy atom. The topological polar surface area (TPSA) is 147 Å². The number of esters is 1. The third-order valence-corrected chi connectivity index (χ3v) is 5.41. The molecule has 1 aromatic rings. The molecule has 34 heavy (non-hydrogen) atoms. The van der Waals surface area contributed by atoms with Gasteiger partial charge in [-0.25, -0.2) is 19.4 Å². The molecule has 2 heterocycles. The molecule has 0 bridgehead atoms. The highest BCUT2D eigenvalue weighted by Gasteiger charge is 2.49. The summed E-state index contributed by atoms with van der Waals surface area (Å²) < 4.78 is 16.1. The summed E-state index contributed by atoms with van der Waals surface area (Å²) in [6.07, 6.45) is -1.18. The summed E-state index contributed by atoms with van der Waals surface area (Å²) in [5, 5.41) is 23.5. The van der Waals surface area contributed by atoms with Gasteiger partial charge in [-0.05, 0) is 45.7 Å². The molecule has 2 aliphatic heterocycles. The van der Waals surface area contributed by atoms with E-state index in [1.54, 1.807) is 39.0 Å². The third kappa shape index (κ3) is 5.48. The van der Waals surface area contributed by atoms with Crippen LogP contribution >= 0.6 is 0 Å². The average Bonchev–Trinajstić information content (AvgIpc) is 2.76. The summed E-state index contributed by atoms with van der Waals surface area (Å²) in [7, 11) is 1.46. The van der Waals surface area contributed by atoms with Crippen LogP contribution in [0, 0.1) is 0 Å². The maximum Gasteiger partial charge on any atom is 0.408 e. The molecule has 3 rings (SSSR count). The Hall–Kier alpha value is -3.60. The minimum atomic E-state index is -1.50. The van der Waals surface area contributed by atoms with E-state index in [4.69, 9.17) is 14.2 Å². The number of nitrogens with zero attached hydrogens (tertiary/aromatic N) is 2. The minimum absolute atomic E-state index is 0.171. The van der Waals surface area contributed by atoms with Crippen molar-refractivity contribution < 1.29 is 38.8 Å².